The van der Waals surface area contributed by atoms with Crippen LogP contribution in [0.2, 0.25) is 0 Å². The number of hydrogen-bond donors (Lipinski definition) is 0. The van der Waals surface area contributed by atoms with Crippen molar-refractivity contribution in [2.24, 2.45) is 0 Å². The Kier molecular flexibility index (Phi) is 5.81. The van der Waals surface area contributed by atoms with Crippen LogP contribution in [0.15, 0.2) is 22.7 Å². The molecule has 1 aromatic carbocycles. The maximum atomic E-state index is 5.59. The van der Waals surface area contributed by atoms with Gasteiger partial charge < -0.3 is 9.47 Å². The first-order valence-corrected chi connectivity index (χ1v) is 6.18. The van der Waals surface area contributed by atoms with E-state index in [1.807, 2.05) is 18.2 Å². The molecule has 0 bridgehead atoms. The van der Waals surface area contributed by atoms with Crippen LogP contribution in [0.4, 0.5) is 0 Å². The molecule has 0 aliphatic rings. The zero-order valence-electron chi connectivity index (χ0n) is 7.93. The molecule has 0 aromatic heterocycles. The molecule has 0 fully saturated rings. The Morgan fingerprint density at radius 2 is 2.14 bits per heavy atom. The Balaban J connectivity index is 2.42. The Hall–Kier alpha value is 0.190. The summed E-state index contributed by atoms with van der Waals surface area (Å²) in [7, 11) is 1.70. The minimum Gasteiger partial charge on any atom is -0.492 e. The van der Waals surface area contributed by atoms with Gasteiger partial charge >= 0.3 is 0 Å². The summed E-state index contributed by atoms with van der Waals surface area (Å²) in [5.41, 5.74) is 0. The molecule has 78 valence electrons. The SMILES string of the molecule is COCCCOc1ccc(Br)cc1I. The minimum absolute atomic E-state index is 0.700. The third kappa shape index (κ3) is 4.14. The second-order valence-corrected chi connectivity index (χ2v) is 4.85. The summed E-state index contributed by atoms with van der Waals surface area (Å²) in [4.78, 5) is 0. The molecule has 0 saturated carbocycles. The molecule has 0 amide bonds. The van der Waals surface area contributed by atoms with Gasteiger partial charge in [-0.2, -0.15) is 0 Å². The minimum atomic E-state index is 0.700. The number of halogens is 2. The van der Waals surface area contributed by atoms with E-state index in [0.717, 1.165) is 26.8 Å². The van der Waals surface area contributed by atoms with E-state index in [9.17, 15) is 0 Å². The van der Waals surface area contributed by atoms with Crippen LogP contribution in [0.5, 0.6) is 5.75 Å². The van der Waals surface area contributed by atoms with E-state index in [0.29, 0.717) is 6.61 Å². The van der Waals surface area contributed by atoms with Crippen molar-refractivity contribution in [3.8, 4) is 5.75 Å². The van der Waals surface area contributed by atoms with Crippen LogP contribution in [-0.4, -0.2) is 20.3 Å². The third-order valence-electron chi connectivity index (χ3n) is 1.64. The second-order valence-electron chi connectivity index (χ2n) is 2.77. The third-order valence-corrected chi connectivity index (χ3v) is 2.98. The highest BCUT2D eigenvalue weighted by atomic mass is 127. The normalized spacial score (nSPS) is 10.2. The monoisotopic (exact) mass is 370 g/mol. The van der Waals surface area contributed by atoms with Crippen molar-refractivity contribution in [3.63, 3.8) is 0 Å². The molecule has 0 radical (unpaired) electrons. The average molecular weight is 371 g/mol. The largest absolute Gasteiger partial charge is 0.492 e. The Labute approximate surface area is 106 Å². The fourth-order valence-corrected chi connectivity index (χ4v) is 2.44. The molecular weight excluding hydrogens is 359 g/mol. The summed E-state index contributed by atoms with van der Waals surface area (Å²) >= 11 is 5.67. The van der Waals surface area contributed by atoms with Crippen molar-refractivity contribution >= 4 is 38.5 Å². The van der Waals surface area contributed by atoms with Gasteiger partial charge in [-0.1, -0.05) is 15.9 Å². The lowest BCUT2D eigenvalue weighted by Crippen LogP contribution is -2.02. The van der Waals surface area contributed by atoms with E-state index >= 15 is 0 Å². The topological polar surface area (TPSA) is 18.5 Å². The standard InChI is InChI=1S/C10H12BrIO2/c1-13-5-2-6-14-10-4-3-8(11)7-9(10)12/h3-4,7H,2,5-6H2,1H3. The van der Waals surface area contributed by atoms with Crippen LogP contribution >= 0.6 is 38.5 Å². The van der Waals surface area contributed by atoms with E-state index in [-0.39, 0.29) is 0 Å². The van der Waals surface area contributed by atoms with Crippen LogP contribution < -0.4 is 4.74 Å². The molecule has 0 spiro atoms. The zero-order chi connectivity index (χ0) is 10.4. The molecule has 0 unspecified atom stereocenters. The molecule has 0 aliphatic carbocycles. The van der Waals surface area contributed by atoms with Gasteiger partial charge in [0.2, 0.25) is 0 Å². The molecule has 4 heteroatoms. The Morgan fingerprint density at radius 3 is 2.79 bits per heavy atom. The highest BCUT2D eigenvalue weighted by molar-refractivity contribution is 14.1. The van der Waals surface area contributed by atoms with Gasteiger partial charge in [-0.05, 0) is 40.8 Å². The summed E-state index contributed by atoms with van der Waals surface area (Å²) in [6.07, 6.45) is 0.919. The molecular formula is C10H12BrIO2. The van der Waals surface area contributed by atoms with Gasteiger partial charge in [-0.3, -0.25) is 0 Å². The molecule has 1 aromatic rings. The average Bonchev–Trinajstić information content (AvgIpc) is 2.15. The van der Waals surface area contributed by atoms with Gasteiger partial charge in [-0.15, -0.1) is 0 Å². The van der Waals surface area contributed by atoms with Crippen LogP contribution in [0.3, 0.4) is 0 Å². The van der Waals surface area contributed by atoms with Crippen LogP contribution in [0.1, 0.15) is 6.42 Å². The first-order valence-electron chi connectivity index (χ1n) is 4.31. The molecule has 2 nitrogen and oxygen atoms in total. The number of ether oxygens (including phenoxy) is 2. The maximum absolute atomic E-state index is 5.59. The number of hydrogen-bond acceptors (Lipinski definition) is 2. The van der Waals surface area contributed by atoms with Crippen LogP contribution in [-0.2, 0) is 4.74 Å². The smallest absolute Gasteiger partial charge is 0.132 e. The Bertz CT molecular complexity index is 291. The van der Waals surface area contributed by atoms with Crippen molar-refractivity contribution in [2.75, 3.05) is 20.3 Å². The van der Waals surface area contributed by atoms with Gasteiger partial charge in [0, 0.05) is 24.6 Å². The summed E-state index contributed by atoms with van der Waals surface area (Å²) in [6, 6.07) is 5.98. The zero-order valence-corrected chi connectivity index (χ0v) is 11.7. The van der Waals surface area contributed by atoms with Gasteiger partial charge in [0.15, 0.2) is 0 Å². The molecule has 0 heterocycles. The molecule has 0 aliphatic heterocycles. The molecule has 1 rings (SSSR count). The highest BCUT2D eigenvalue weighted by Gasteiger charge is 2.00. The van der Waals surface area contributed by atoms with Crippen molar-refractivity contribution in [2.45, 2.75) is 6.42 Å². The van der Waals surface area contributed by atoms with Crippen molar-refractivity contribution in [1.29, 1.82) is 0 Å². The van der Waals surface area contributed by atoms with Gasteiger partial charge in [0.25, 0.3) is 0 Å². The highest BCUT2D eigenvalue weighted by Crippen LogP contribution is 2.24. The first kappa shape index (κ1) is 12.3. The van der Waals surface area contributed by atoms with Crippen molar-refractivity contribution in [1.82, 2.24) is 0 Å². The molecule has 14 heavy (non-hydrogen) atoms. The van der Waals surface area contributed by atoms with E-state index in [1.54, 1.807) is 7.11 Å². The lowest BCUT2D eigenvalue weighted by Gasteiger charge is -2.07. The van der Waals surface area contributed by atoms with Crippen molar-refractivity contribution in [3.05, 3.63) is 26.2 Å². The fourth-order valence-electron chi connectivity index (χ4n) is 0.978. The summed E-state index contributed by atoms with van der Waals surface area (Å²) in [5.74, 6) is 0.935. The van der Waals surface area contributed by atoms with E-state index in [1.165, 1.54) is 0 Å². The molecule has 0 atom stereocenters. The van der Waals surface area contributed by atoms with Gasteiger partial charge in [0.1, 0.15) is 5.75 Å². The van der Waals surface area contributed by atoms with Gasteiger partial charge in [-0.25, -0.2) is 0 Å². The lowest BCUT2D eigenvalue weighted by molar-refractivity contribution is 0.172. The quantitative estimate of drug-likeness (QED) is 0.583. The number of benzene rings is 1. The van der Waals surface area contributed by atoms with Gasteiger partial charge in [0.05, 0.1) is 10.2 Å². The summed E-state index contributed by atoms with van der Waals surface area (Å²) in [5, 5.41) is 0. The van der Waals surface area contributed by atoms with Crippen LogP contribution in [0.25, 0.3) is 0 Å². The lowest BCUT2D eigenvalue weighted by atomic mass is 10.3. The second kappa shape index (κ2) is 6.63. The first-order chi connectivity index (χ1) is 6.74. The summed E-state index contributed by atoms with van der Waals surface area (Å²) in [6.45, 7) is 1.44. The Morgan fingerprint density at radius 1 is 1.36 bits per heavy atom. The fraction of sp³-hybridized carbons (Fsp3) is 0.400. The number of methoxy groups -OCH3 is 1. The molecule has 0 saturated heterocycles. The predicted molar refractivity (Wildman–Crippen MR) is 68.8 cm³/mol. The van der Waals surface area contributed by atoms with E-state index < -0.39 is 0 Å². The van der Waals surface area contributed by atoms with E-state index in [4.69, 9.17) is 9.47 Å². The summed E-state index contributed by atoms with van der Waals surface area (Å²) < 4.78 is 12.7. The maximum Gasteiger partial charge on any atom is 0.132 e. The predicted octanol–water partition coefficient (Wildman–Crippen LogP) is 3.47. The van der Waals surface area contributed by atoms with Crippen LogP contribution in [0, 0.1) is 3.57 Å². The molecule has 0 N–H and O–H groups in total. The number of rotatable bonds is 5. The van der Waals surface area contributed by atoms with Crippen molar-refractivity contribution < 1.29 is 9.47 Å². The van der Waals surface area contributed by atoms with E-state index in [2.05, 4.69) is 38.5 Å².